The molecule has 0 aliphatic carbocycles. The third-order valence-corrected chi connectivity index (χ3v) is 3.84. The smallest absolute Gasteiger partial charge is 0.132 e. The van der Waals surface area contributed by atoms with Gasteiger partial charge in [0.2, 0.25) is 0 Å². The van der Waals surface area contributed by atoms with Crippen molar-refractivity contribution in [3.05, 3.63) is 0 Å². The van der Waals surface area contributed by atoms with Crippen molar-refractivity contribution < 1.29 is 20.1 Å². The lowest BCUT2D eigenvalue weighted by molar-refractivity contribution is -0.205. The summed E-state index contributed by atoms with van der Waals surface area (Å²) in [5.74, 6) is 0.129. The Labute approximate surface area is 100.0 Å². The van der Waals surface area contributed by atoms with Crippen molar-refractivity contribution in [3.8, 4) is 0 Å². The third kappa shape index (κ3) is 2.69. The van der Waals surface area contributed by atoms with Crippen LogP contribution in [0.1, 0.15) is 13.8 Å². The molecule has 6 atom stereocenters. The molecule has 6 unspecified atom stereocenters. The van der Waals surface area contributed by atoms with Gasteiger partial charge in [0.25, 0.3) is 0 Å². The Morgan fingerprint density at radius 1 is 1.12 bits per heavy atom. The zero-order chi connectivity index (χ0) is 12.5. The Morgan fingerprint density at radius 2 is 1.69 bits per heavy atom. The number of aliphatic hydroxyl groups excluding tert-OH is 3. The zero-order valence-electron chi connectivity index (χ0n) is 9.78. The number of hydrogen-bond acceptors (Lipinski definition) is 6. The Hall–Kier alpha value is 0.150. The van der Waals surface area contributed by atoms with E-state index in [-0.39, 0.29) is 12.0 Å². The van der Waals surface area contributed by atoms with E-state index >= 15 is 0 Å². The van der Waals surface area contributed by atoms with Gasteiger partial charge in [0, 0.05) is 6.04 Å². The van der Waals surface area contributed by atoms with E-state index in [2.05, 4.69) is 0 Å². The Balaban J connectivity index is 2.78. The minimum absolute atomic E-state index is 0.129. The summed E-state index contributed by atoms with van der Waals surface area (Å²) in [7, 11) is 0. The molecule has 16 heavy (non-hydrogen) atoms. The van der Waals surface area contributed by atoms with Crippen LogP contribution in [0.25, 0.3) is 0 Å². The second kappa shape index (κ2) is 5.66. The highest BCUT2D eigenvalue weighted by molar-refractivity contribution is 7.99. The highest BCUT2D eigenvalue weighted by atomic mass is 32.2. The first kappa shape index (κ1) is 14.2. The molecule has 0 amide bonds. The lowest BCUT2D eigenvalue weighted by Crippen LogP contribution is -2.62. The van der Waals surface area contributed by atoms with Crippen LogP contribution in [0.15, 0.2) is 0 Å². The first-order valence-electron chi connectivity index (χ1n) is 5.38. The molecule has 1 rings (SSSR count). The van der Waals surface area contributed by atoms with Crippen molar-refractivity contribution in [1.82, 2.24) is 0 Å². The summed E-state index contributed by atoms with van der Waals surface area (Å²) in [5.41, 5.74) is 5.37. The van der Waals surface area contributed by atoms with Gasteiger partial charge in [-0.3, -0.25) is 0 Å². The average molecular weight is 251 g/mol. The number of rotatable bonds is 3. The molecule has 96 valence electrons. The summed E-state index contributed by atoms with van der Waals surface area (Å²) in [4.78, 5) is 0. The van der Waals surface area contributed by atoms with Crippen LogP contribution in [-0.4, -0.2) is 57.5 Å². The Kier molecular flexibility index (Phi) is 5.03. The minimum Gasteiger partial charge on any atom is -0.388 e. The van der Waals surface area contributed by atoms with Crippen LogP contribution >= 0.6 is 11.8 Å². The van der Waals surface area contributed by atoms with Gasteiger partial charge >= 0.3 is 0 Å². The van der Waals surface area contributed by atoms with Crippen molar-refractivity contribution in [2.24, 2.45) is 11.7 Å². The maximum absolute atomic E-state index is 9.82. The highest BCUT2D eigenvalue weighted by Gasteiger charge is 2.45. The molecule has 0 spiro atoms. The molecule has 1 aliphatic rings. The molecule has 0 aromatic carbocycles. The van der Waals surface area contributed by atoms with Crippen LogP contribution in [0.3, 0.4) is 0 Å². The topological polar surface area (TPSA) is 95.9 Å². The van der Waals surface area contributed by atoms with E-state index in [4.69, 9.17) is 10.5 Å². The molecule has 0 bridgehead atoms. The summed E-state index contributed by atoms with van der Waals surface area (Å²) in [6.45, 7) is 3.85. The monoisotopic (exact) mass is 251 g/mol. The van der Waals surface area contributed by atoms with Crippen LogP contribution in [-0.2, 0) is 4.74 Å². The molecule has 1 fully saturated rings. The lowest BCUT2D eigenvalue weighted by atomic mass is 9.90. The maximum Gasteiger partial charge on any atom is 0.132 e. The lowest BCUT2D eigenvalue weighted by Gasteiger charge is -2.43. The summed E-state index contributed by atoms with van der Waals surface area (Å²) < 4.78 is 5.53. The number of hydrogen-bond donors (Lipinski definition) is 4. The molecule has 1 heterocycles. The Morgan fingerprint density at radius 3 is 2.12 bits per heavy atom. The van der Waals surface area contributed by atoms with E-state index in [1.54, 1.807) is 6.26 Å². The van der Waals surface area contributed by atoms with Crippen molar-refractivity contribution >= 4 is 11.8 Å². The summed E-state index contributed by atoms with van der Waals surface area (Å²) in [6.07, 6.45) is -2.30. The van der Waals surface area contributed by atoms with Crippen LogP contribution < -0.4 is 5.73 Å². The van der Waals surface area contributed by atoms with Crippen LogP contribution in [0.4, 0.5) is 0 Å². The van der Waals surface area contributed by atoms with Gasteiger partial charge in [0.05, 0.1) is 0 Å². The van der Waals surface area contributed by atoms with E-state index in [1.807, 2.05) is 13.8 Å². The van der Waals surface area contributed by atoms with E-state index in [9.17, 15) is 15.3 Å². The van der Waals surface area contributed by atoms with Gasteiger partial charge < -0.3 is 25.8 Å². The highest BCUT2D eigenvalue weighted by Crippen LogP contribution is 2.29. The molecule has 5 N–H and O–H groups in total. The van der Waals surface area contributed by atoms with E-state index in [1.165, 1.54) is 11.8 Å². The van der Waals surface area contributed by atoms with Crippen LogP contribution in [0.2, 0.25) is 0 Å². The van der Waals surface area contributed by atoms with E-state index < -0.39 is 29.9 Å². The number of ether oxygens (including phenoxy) is 1. The van der Waals surface area contributed by atoms with Gasteiger partial charge in [-0.1, -0.05) is 13.8 Å². The average Bonchev–Trinajstić information content (AvgIpc) is 2.25. The zero-order valence-corrected chi connectivity index (χ0v) is 10.6. The molecule has 5 nitrogen and oxygen atoms in total. The van der Waals surface area contributed by atoms with Crippen molar-refractivity contribution in [2.45, 2.75) is 49.7 Å². The first-order valence-corrected chi connectivity index (χ1v) is 6.67. The SMILES string of the molecule is CSC1OC(C(N)C(C)C)C(O)C(O)C1O. The summed E-state index contributed by atoms with van der Waals surface area (Å²) in [5, 5.41) is 29.2. The van der Waals surface area contributed by atoms with Crippen LogP contribution in [0.5, 0.6) is 0 Å². The van der Waals surface area contributed by atoms with Crippen molar-refractivity contribution in [2.75, 3.05) is 6.26 Å². The van der Waals surface area contributed by atoms with Crippen molar-refractivity contribution in [1.29, 1.82) is 0 Å². The fraction of sp³-hybridized carbons (Fsp3) is 1.00. The van der Waals surface area contributed by atoms with Gasteiger partial charge in [0.15, 0.2) is 0 Å². The van der Waals surface area contributed by atoms with Crippen molar-refractivity contribution in [3.63, 3.8) is 0 Å². The predicted octanol–water partition coefficient (Wildman–Crippen LogP) is -0.860. The number of nitrogens with two attached hydrogens (primary N) is 1. The number of aliphatic hydroxyl groups is 3. The summed E-state index contributed by atoms with van der Waals surface area (Å²) in [6, 6.07) is -0.369. The quantitative estimate of drug-likeness (QED) is 0.521. The molecule has 1 aliphatic heterocycles. The standard InChI is InChI=1S/C10H21NO4S/c1-4(2)5(11)9-7(13)6(12)8(14)10(15-9)16-3/h4-10,12-14H,11H2,1-3H3. The molecule has 0 aromatic heterocycles. The molecule has 0 saturated carbocycles. The third-order valence-electron chi connectivity index (χ3n) is 2.99. The fourth-order valence-electron chi connectivity index (χ4n) is 1.77. The second-order valence-corrected chi connectivity index (χ2v) is 5.43. The molecular formula is C10H21NO4S. The maximum atomic E-state index is 9.82. The molecule has 6 heteroatoms. The predicted molar refractivity (Wildman–Crippen MR) is 63.0 cm³/mol. The fourth-order valence-corrected chi connectivity index (χ4v) is 2.45. The van der Waals surface area contributed by atoms with Crippen LogP contribution in [0, 0.1) is 5.92 Å². The summed E-state index contributed by atoms with van der Waals surface area (Å²) >= 11 is 1.29. The van der Waals surface area contributed by atoms with E-state index in [0.29, 0.717) is 0 Å². The number of thioether (sulfide) groups is 1. The Bertz CT molecular complexity index is 227. The van der Waals surface area contributed by atoms with Gasteiger partial charge in [0.1, 0.15) is 29.9 Å². The molecule has 0 radical (unpaired) electrons. The van der Waals surface area contributed by atoms with E-state index in [0.717, 1.165) is 0 Å². The van der Waals surface area contributed by atoms with Gasteiger partial charge in [-0.25, -0.2) is 0 Å². The van der Waals surface area contributed by atoms with Gasteiger partial charge in [-0.05, 0) is 12.2 Å². The molecule has 0 aromatic rings. The van der Waals surface area contributed by atoms with Gasteiger partial charge in [-0.15, -0.1) is 11.8 Å². The van der Waals surface area contributed by atoms with Gasteiger partial charge in [-0.2, -0.15) is 0 Å². The second-order valence-electron chi connectivity index (χ2n) is 4.50. The largest absolute Gasteiger partial charge is 0.388 e. The molecule has 1 saturated heterocycles. The normalized spacial score (nSPS) is 42.4. The first-order chi connectivity index (χ1) is 7.40. The molecular weight excluding hydrogens is 230 g/mol. The minimum atomic E-state index is -1.21.